The zero-order chi connectivity index (χ0) is 20.3. The standard InChI is InChI=1S/C22H42O3Si/c1-12-13-19-20(24-22(8,9)23-19)17(3)15-14-16(2)18(4)25-26(10,11)21(5,6)7/h12,14-20H,1,13H2,2-11H3/b15-14-/t16-,17-,18?,19+,20-/m1/s1. The minimum absolute atomic E-state index is 0.0584. The van der Waals surface area contributed by atoms with E-state index in [1.165, 1.54) is 0 Å². The van der Waals surface area contributed by atoms with Crippen LogP contribution in [0.15, 0.2) is 24.8 Å². The summed E-state index contributed by atoms with van der Waals surface area (Å²) in [7, 11) is -1.74. The Balaban J connectivity index is 2.71. The Morgan fingerprint density at radius 3 is 2.19 bits per heavy atom. The lowest BCUT2D eigenvalue weighted by Crippen LogP contribution is -2.44. The highest BCUT2D eigenvalue weighted by atomic mass is 28.4. The van der Waals surface area contributed by atoms with Gasteiger partial charge in [-0.1, -0.05) is 52.8 Å². The van der Waals surface area contributed by atoms with E-state index in [0.29, 0.717) is 5.92 Å². The topological polar surface area (TPSA) is 27.7 Å². The van der Waals surface area contributed by atoms with Crippen LogP contribution in [0.25, 0.3) is 0 Å². The molecule has 0 spiro atoms. The highest BCUT2D eigenvalue weighted by molar-refractivity contribution is 6.74. The van der Waals surface area contributed by atoms with Gasteiger partial charge in [-0.3, -0.25) is 0 Å². The number of hydrogen-bond acceptors (Lipinski definition) is 3. The summed E-state index contributed by atoms with van der Waals surface area (Å²) in [6, 6.07) is 0. The zero-order valence-corrected chi connectivity index (χ0v) is 19.8. The Labute approximate surface area is 163 Å². The first-order chi connectivity index (χ1) is 11.7. The summed E-state index contributed by atoms with van der Waals surface area (Å²) in [6.45, 7) is 25.9. The molecule has 1 aliphatic heterocycles. The Morgan fingerprint density at radius 1 is 1.12 bits per heavy atom. The fourth-order valence-electron chi connectivity index (χ4n) is 3.02. The Hall–Kier alpha value is -0.423. The molecular formula is C22H42O3Si. The number of hydrogen-bond donors (Lipinski definition) is 0. The normalized spacial score (nSPS) is 27.5. The van der Waals surface area contributed by atoms with E-state index in [9.17, 15) is 0 Å². The second-order valence-corrected chi connectivity index (χ2v) is 14.6. The average Bonchev–Trinajstić information content (AvgIpc) is 2.78. The first-order valence-electron chi connectivity index (χ1n) is 10.0. The van der Waals surface area contributed by atoms with Crippen molar-refractivity contribution in [3.63, 3.8) is 0 Å². The second kappa shape index (κ2) is 8.72. The van der Waals surface area contributed by atoms with E-state index in [0.717, 1.165) is 6.42 Å². The summed E-state index contributed by atoms with van der Waals surface area (Å²) >= 11 is 0. The van der Waals surface area contributed by atoms with E-state index in [-0.39, 0.29) is 29.3 Å². The lowest BCUT2D eigenvalue weighted by Gasteiger charge is -2.39. The van der Waals surface area contributed by atoms with Crippen molar-refractivity contribution in [2.24, 2.45) is 11.8 Å². The van der Waals surface area contributed by atoms with Crippen LogP contribution in [-0.2, 0) is 13.9 Å². The molecule has 152 valence electrons. The van der Waals surface area contributed by atoms with Gasteiger partial charge in [-0.25, -0.2) is 0 Å². The van der Waals surface area contributed by atoms with Crippen LogP contribution < -0.4 is 0 Å². The van der Waals surface area contributed by atoms with Gasteiger partial charge in [-0.2, -0.15) is 0 Å². The molecule has 0 saturated carbocycles. The summed E-state index contributed by atoms with van der Waals surface area (Å²) in [5.74, 6) is 0.120. The van der Waals surface area contributed by atoms with Gasteiger partial charge in [0.15, 0.2) is 14.1 Å². The Kier molecular flexibility index (Phi) is 7.92. The van der Waals surface area contributed by atoms with Crippen molar-refractivity contribution in [1.29, 1.82) is 0 Å². The van der Waals surface area contributed by atoms with Gasteiger partial charge in [-0.15, -0.1) is 6.58 Å². The molecule has 1 rings (SSSR count). The Bertz CT molecular complexity index is 490. The van der Waals surface area contributed by atoms with E-state index >= 15 is 0 Å². The smallest absolute Gasteiger partial charge is 0.192 e. The molecule has 1 saturated heterocycles. The van der Waals surface area contributed by atoms with Crippen LogP contribution >= 0.6 is 0 Å². The molecule has 3 nitrogen and oxygen atoms in total. The van der Waals surface area contributed by atoms with Crippen molar-refractivity contribution in [3.05, 3.63) is 24.8 Å². The van der Waals surface area contributed by atoms with Crippen molar-refractivity contribution < 1.29 is 13.9 Å². The van der Waals surface area contributed by atoms with Gasteiger partial charge >= 0.3 is 0 Å². The molecule has 1 aliphatic rings. The van der Waals surface area contributed by atoms with Crippen molar-refractivity contribution in [1.82, 2.24) is 0 Å². The molecule has 0 aromatic rings. The van der Waals surface area contributed by atoms with Crippen molar-refractivity contribution >= 4 is 8.32 Å². The van der Waals surface area contributed by atoms with Crippen LogP contribution in [0.4, 0.5) is 0 Å². The summed E-state index contributed by atoms with van der Waals surface area (Å²) in [5.41, 5.74) is 0. The van der Waals surface area contributed by atoms with Crippen LogP contribution in [0.1, 0.15) is 61.8 Å². The van der Waals surface area contributed by atoms with E-state index in [1.807, 2.05) is 19.9 Å². The molecule has 0 amide bonds. The minimum atomic E-state index is -1.74. The molecule has 1 unspecified atom stereocenters. The van der Waals surface area contributed by atoms with Gasteiger partial charge in [0.2, 0.25) is 0 Å². The van der Waals surface area contributed by atoms with Crippen molar-refractivity contribution in [2.45, 2.75) is 104 Å². The van der Waals surface area contributed by atoms with Crippen LogP contribution in [0.3, 0.4) is 0 Å². The lowest BCUT2D eigenvalue weighted by molar-refractivity contribution is -0.148. The number of rotatable bonds is 8. The molecule has 1 heterocycles. The molecule has 0 N–H and O–H groups in total. The quantitative estimate of drug-likeness (QED) is 0.363. The van der Waals surface area contributed by atoms with Crippen LogP contribution in [0.5, 0.6) is 0 Å². The maximum atomic E-state index is 6.53. The predicted octanol–water partition coefficient (Wildman–Crippen LogP) is 6.32. The van der Waals surface area contributed by atoms with Gasteiger partial charge < -0.3 is 13.9 Å². The van der Waals surface area contributed by atoms with E-state index in [1.54, 1.807) is 0 Å². The second-order valence-electron chi connectivity index (χ2n) is 9.85. The van der Waals surface area contributed by atoms with Crippen LogP contribution in [0.2, 0.25) is 18.1 Å². The molecule has 0 bridgehead atoms. The third-order valence-electron chi connectivity index (χ3n) is 5.88. The number of ether oxygens (including phenoxy) is 2. The summed E-state index contributed by atoms with van der Waals surface area (Å²) in [4.78, 5) is 0. The maximum absolute atomic E-state index is 6.53. The van der Waals surface area contributed by atoms with Gasteiger partial charge in [0.25, 0.3) is 0 Å². The SMILES string of the molecule is C=CC[C@@H]1OC(C)(C)O[C@@H]1[C@H](C)/C=C\[C@@H](C)C(C)O[Si](C)(C)C(C)(C)C. The molecule has 0 aromatic carbocycles. The van der Waals surface area contributed by atoms with Crippen molar-refractivity contribution in [2.75, 3.05) is 0 Å². The fraction of sp³-hybridized carbons (Fsp3) is 0.818. The van der Waals surface area contributed by atoms with E-state index in [4.69, 9.17) is 13.9 Å². The third-order valence-corrected chi connectivity index (χ3v) is 10.5. The first-order valence-corrected chi connectivity index (χ1v) is 12.9. The maximum Gasteiger partial charge on any atom is 0.192 e. The fourth-order valence-corrected chi connectivity index (χ4v) is 4.52. The highest BCUT2D eigenvalue weighted by Gasteiger charge is 2.42. The van der Waals surface area contributed by atoms with Gasteiger partial charge in [0.1, 0.15) is 0 Å². The van der Waals surface area contributed by atoms with E-state index < -0.39 is 14.1 Å². The lowest BCUT2D eigenvalue weighted by atomic mass is 9.95. The van der Waals surface area contributed by atoms with Gasteiger partial charge in [0.05, 0.1) is 12.2 Å². The molecule has 0 aromatic heterocycles. The largest absolute Gasteiger partial charge is 0.414 e. The summed E-state index contributed by atoms with van der Waals surface area (Å²) in [6.07, 6.45) is 7.61. The highest BCUT2D eigenvalue weighted by Crippen LogP contribution is 2.38. The zero-order valence-electron chi connectivity index (χ0n) is 18.8. The van der Waals surface area contributed by atoms with E-state index in [2.05, 4.69) is 73.4 Å². The van der Waals surface area contributed by atoms with Crippen LogP contribution in [-0.4, -0.2) is 32.4 Å². The third kappa shape index (κ3) is 6.33. The average molecular weight is 383 g/mol. The molecular weight excluding hydrogens is 340 g/mol. The predicted molar refractivity (Wildman–Crippen MR) is 114 cm³/mol. The minimum Gasteiger partial charge on any atom is -0.414 e. The van der Waals surface area contributed by atoms with Crippen LogP contribution in [0, 0.1) is 11.8 Å². The molecule has 0 radical (unpaired) electrons. The van der Waals surface area contributed by atoms with Gasteiger partial charge in [-0.05, 0) is 51.2 Å². The Morgan fingerprint density at radius 2 is 1.69 bits per heavy atom. The molecule has 4 heteroatoms. The molecule has 0 aliphatic carbocycles. The monoisotopic (exact) mass is 382 g/mol. The molecule has 5 atom stereocenters. The summed E-state index contributed by atoms with van der Waals surface area (Å²) in [5, 5.41) is 0.233. The summed E-state index contributed by atoms with van der Waals surface area (Å²) < 4.78 is 18.7. The first kappa shape index (κ1) is 23.6. The molecule has 26 heavy (non-hydrogen) atoms. The van der Waals surface area contributed by atoms with Crippen molar-refractivity contribution in [3.8, 4) is 0 Å². The van der Waals surface area contributed by atoms with Gasteiger partial charge in [0, 0.05) is 12.0 Å². The molecule has 1 fully saturated rings.